The van der Waals surface area contributed by atoms with E-state index in [0.717, 1.165) is 39.0 Å². The van der Waals surface area contributed by atoms with E-state index in [2.05, 4.69) is 15.2 Å². The van der Waals surface area contributed by atoms with Gasteiger partial charge in [-0.1, -0.05) is 12.1 Å². The third kappa shape index (κ3) is 7.57. The fourth-order valence-corrected chi connectivity index (χ4v) is 5.07. The van der Waals surface area contributed by atoms with Crippen LogP contribution in [0.4, 0.5) is 10.6 Å². The summed E-state index contributed by atoms with van der Waals surface area (Å²) in [7, 11) is 0. The molecule has 5 N–H and O–H groups in total. The second kappa shape index (κ2) is 12.9. The van der Waals surface area contributed by atoms with Crippen molar-refractivity contribution in [2.45, 2.75) is 51.7 Å². The SMILES string of the molecule is C[C@@H]1CN(C(=O)Nc2ccn(-c3ccc(CN4CCC(CN)CC4)cc3)c(=O)n2)CCN1C(=O)C(C)(C)N.Cl. The number of carbonyl (C=O) groups is 2. The molecular formula is C27H41ClN8O3. The lowest BCUT2D eigenvalue weighted by Gasteiger charge is -2.42. The van der Waals surface area contributed by atoms with E-state index < -0.39 is 11.2 Å². The second-order valence-electron chi connectivity index (χ2n) is 11.0. The number of benzene rings is 1. The summed E-state index contributed by atoms with van der Waals surface area (Å²) in [6.45, 7) is 10.1. The Kier molecular flexibility index (Phi) is 10.1. The Balaban J connectivity index is 0.00000420. The van der Waals surface area contributed by atoms with Crippen molar-refractivity contribution in [1.29, 1.82) is 0 Å². The number of hydrogen-bond acceptors (Lipinski definition) is 7. The molecule has 0 spiro atoms. The Morgan fingerprint density at radius 3 is 2.31 bits per heavy atom. The molecule has 2 aliphatic rings. The molecule has 214 valence electrons. The van der Waals surface area contributed by atoms with Crippen LogP contribution in [0.1, 0.15) is 39.2 Å². The molecule has 12 heteroatoms. The first-order chi connectivity index (χ1) is 18.0. The van der Waals surface area contributed by atoms with Crippen LogP contribution >= 0.6 is 12.4 Å². The van der Waals surface area contributed by atoms with Crippen molar-refractivity contribution < 1.29 is 9.59 Å². The van der Waals surface area contributed by atoms with E-state index in [-0.39, 0.29) is 36.2 Å². The summed E-state index contributed by atoms with van der Waals surface area (Å²) in [6.07, 6.45) is 3.89. The maximum atomic E-state index is 12.8. The van der Waals surface area contributed by atoms with Crippen LogP contribution in [-0.2, 0) is 11.3 Å². The van der Waals surface area contributed by atoms with Crippen molar-refractivity contribution in [3.8, 4) is 5.69 Å². The zero-order valence-electron chi connectivity index (χ0n) is 23.0. The summed E-state index contributed by atoms with van der Waals surface area (Å²) in [5.74, 6) is 0.674. The van der Waals surface area contributed by atoms with Gasteiger partial charge in [0, 0.05) is 38.4 Å². The first-order valence-electron chi connectivity index (χ1n) is 13.3. The molecular weight excluding hydrogens is 520 g/mol. The average Bonchev–Trinajstić information content (AvgIpc) is 2.89. The quantitative estimate of drug-likeness (QED) is 0.487. The van der Waals surface area contributed by atoms with Crippen molar-refractivity contribution in [1.82, 2.24) is 24.3 Å². The number of halogens is 1. The lowest BCUT2D eigenvalue weighted by Crippen LogP contribution is -2.61. The van der Waals surface area contributed by atoms with Gasteiger partial charge in [-0.25, -0.2) is 9.59 Å². The number of carbonyl (C=O) groups excluding carboxylic acids is 2. The van der Waals surface area contributed by atoms with E-state index in [4.69, 9.17) is 11.5 Å². The van der Waals surface area contributed by atoms with E-state index in [9.17, 15) is 14.4 Å². The molecule has 3 amide bonds. The zero-order chi connectivity index (χ0) is 27.4. The molecule has 2 fully saturated rings. The van der Waals surface area contributed by atoms with Crippen LogP contribution in [0.15, 0.2) is 41.3 Å². The third-order valence-electron chi connectivity index (χ3n) is 7.43. The van der Waals surface area contributed by atoms with Gasteiger partial charge in [0.1, 0.15) is 5.82 Å². The largest absolute Gasteiger partial charge is 0.354 e. The Bertz CT molecular complexity index is 1190. The monoisotopic (exact) mass is 560 g/mol. The summed E-state index contributed by atoms with van der Waals surface area (Å²) < 4.78 is 1.45. The Hall–Kier alpha value is -2.99. The smallest absolute Gasteiger partial charge is 0.335 e. The van der Waals surface area contributed by atoms with Gasteiger partial charge in [-0.2, -0.15) is 4.98 Å². The predicted molar refractivity (Wildman–Crippen MR) is 154 cm³/mol. The van der Waals surface area contributed by atoms with Crippen LogP contribution in [0.3, 0.4) is 0 Å². The fraction of sp³-hybridized carbons (Fsp3) is 0.556. The highest BCUT2D eigenvalue weighted by atomic mass is 35.5. The Labute approximate surface area is 235 Å². The average molecular weight is 561 g/mol. The first-order valence-corrected chi connectivity index (χ1v) is 13.3. The van der Waals surface area contributed by atoms with Crippen molar-refractivity contribution in [2.24, 2.45) is 17.4 Å². The number of nitrogens with one attached hydrogen (secondary N) is 1. The fourth-order valence-electron chi connectivity index (χ4n) is 5.07. The number of hydrogen-bond donors (Lipinski definition) is 3. The molecule has 1 aromatic carbocycles. The van der Waals surface area contributed by atoms with Crippen molar-refractivity contribution >= 4 is 30.2 Å². The van der Waals surface area contributed by atoms with Crippen molar-refractivity contribution in [3.05, 3.63) is 52.6 Å². The third-order valence-corrected chi connectivity index (χ3v) is 7.43. The summed E-state index contributed by atoms with van der Waals surface area (Å²) >= 11 is 0. The Morgan fingerprint density at radius 1 is 1.08 bits per heavy atom. The number of aromatic nitrogens is 2. The van der Waals surface area contributed by atoms with E-state index in [1.165, 1.54) is 10.1 Å². The van der Waals surface area contributed by atoms with Gasteiger partial charge in [-0.05, 0) is 82.9 Å². The number of piperazine rings is 1. The number of amides is 3. The van der Waals surface area contributed by atoms with Gasteiger partial charge in [0.15, 0.2) is 0 Å². The maximum Gasteiger partial charge on any atom is 0.354 e. The minimum absolute atomic E-state index is 0. The van der Waals surface area contributed by atoms with Gasteiger partial charge in [-0.3, -0.25) is 19.6 Å². The predicted octanol–water partition coefficient (Wildman–Crippen LogP) is 1.63. The molecule has 0 bridgehead atoms. The minimum atomic E-state index is -0.963. The molecule has 11 nitrogen and oxygen atoms in total. The van der Waals surface area contributed by atoms with Crippen molar-refractivity contribution in [2.75, 3.05) is 44.6 Å². The van der Waals surface area contributed by atoms with E-state index in [1.54, 1.807) is 35.9 Å². The van der Waals surface area contributed by atoms with Crippen LogP contribution in [0, 0.1) is 5.92 Å². The molecule has 4 rings (SSSR count). The molecule has 2 aliphatic heterocycles. The summed E-state index contributed by atoms with van der Waals surface area (Å²) in [4.78, 5) is 47.9. The highest BCUT2D eigenvalue weighted by molar-refractivity contribution is 5.89. The number of rotatable bonds is 6. The molecule has 0 unspecified atom stereocenters. The van der Waals surface area contributed by atoms with E-state index >= 15 is 0 Å². The minimum Gasteiger partial charge on any atom is -0.335 e. The molecule has 3 heterocycles. The van der Waals surface area contributed by atoms with Gasteiger partial charge >= 0.3 is 11.7 Å². The summed E-state index contributed by atoms with van der Waals surface area (Å²) in [5.41, 5.74) is 12.2. The number of anilines is 1. The standard InChI is InChI=1S/C27H40N8O3.ClH/c1-19-17-33(14-15-34(19)24(36)27(2,3)29)25(37)30-23-10-13-35(26(38)31-23)22-6-4-21(5-7-22)18-32-11-8-20(16-28)9-12-32;/h4-7,10,13,19-20H,8-9,11-12,14-18,28-29H2,1-3H3,(H,30,31,37,38);1H/t19-;/m1./s1. The van der Waals surface area contributed by atoms with Gasteiger partial charge in [-0.15, -0.1) is 12.4 Å². The highest BCUT2D eigenvalue weighted by Gasteiger charge is 2.35. The summed E-state index contributed by atoms with van der Waals surface area (Å²) in [6, 6.07) is 8.96. The molecule has 2 aromatic rings. The van der Waals surface area contributed by atoms with E-state index in [0.29, 0.717) is 31.2 Å². The van der Waals surface area contributed by atoms with Gasteiger partial charge in [0.25, 0.3) is 0 Å². The molecule has 2 saturated heterocycles. The van der Waals surface area contributed by atoms with Gasteiger partial charge < -0.3 is 21.3 Å². The second-order valence-corrected chi connectivity index (χ2v) is 11.0. The van der Waals surface area contributed by atoms with Gasteiger partial charge in [0.2, 0.25) is 5.91 Å². The molecule has 1 aromatic heterocycles. The number of nitrogens with two attached hydrogens (primary N) is 2. The lowest BCUT2D eigenvalue weighted by molar-refractivity contribution is -0.139. The molecule has 39 heavy (non-hydrogen) atoms. The number of likely N-dealkylation sites (tertiary alicyclic amines) is 1. The number of nitrogens with zero attached hydrogens (tertiary/aromatic N) is 5. The number of urea groups is 1. The molecule has 0 radical (unpaired) electrons. The number of piperidine rings is 1. The molecule has 0 saturated carbocycles. The zero-order valence-corrected chi connectivity index (χ0v) is 23.8. The van der Waals surface area contributed by atoms with Crippen LogP contribution in [0.5, 0.6) is 0 Å². The normalized spacial score (nSPS) is 18.9. The molecule has 0 aliphatic carbocycles. The summed E-state index contributed by atoms with van der Waals surface area (Å²) in [5, 5.41) is 2.71. The van der Waals surface area contributed by atoms with Crippen LogP contribution in [0.25, 0.3) is 5.69 Å². The van der Waals surface area contributed by atoms with Crippen LogP contribution in [-0.4, -0.2) is 87.0 Å². The first kappa shape index (κ1) is 30.6. The van der Waals surface area contributed by atoms with Crippen molar-refractivity contribution in [3.63, 3.8) is 0 Å². The van der Waals surface area contributed by atoms with Gasteiger partial charge in [0.05, 0.1) is 11.2 Å². The maximum absolute atomic E-state index is 12.8. The topological polar surface area (TPSA) is 143 Å². The lowest BCUT2D eigenvalue weighted by atomic mass is 9.97. The van der Waals surface area contributed by atoms with Crippen LogP contribution in [0.2, 0.25) is 0 Å². The Morgan fingerprint density at radius 2 is 1.74 bits per heavy atom. The van der Waals surface area contributed by atoms with E-state index in [1.807, 2.05) is 31.2 Å². The van der Waals surface area contributed by atoms with Crippen LogP contribution < -0.4 is 22.5 Å². The molecule has 1 atom stereocenters. The highest BCUT2D eigenvalue weighted by Crippen LogP contribution is 2.19.